The van der Waals surface area contributed by atoms with Crippen LogP contribution in [0, 0.1) is 0 Å². The van der Waals surface area contributed by atoms with Crippen molar-refractivity contribution in [1.82, 2.24) is 0 Å². The van der Waals surface area contributed by atoms with Crippen LogP contribution in [0.3, 0.4) is 0 Å². The summed E-state index contributed by atoms with van der Waals surface area (Å²) in [5, 5.41) is 0. The quantitative estimate of drug-likeness (QED) is 0.462. The van der Waals surface area contributed by atoms with Crippen LogP contribution in [0.2, 0.25) is 0 Å². The fraction of sp³-hybridized carbons (Fsp3) is 0. The summed E-state index contributed by atoms with van der Waals surface area (Å²) in [6.45, 7) is 0. The molecule has 0 rings (SSSR count). The molecule has 0 aliphatic rings. The standard InChI is InChI=1S/Mo.HO2P.O.Sb/c;1-3-2;;/h;3H;;. The van der Waals surface area contributed by atoms with Gasteiger partial charge in [0.05, 0.1) is 0 Å². The second kappa shape index (κ2) is 16.4. The molecule has 0 N–H and O–H groups in total. The minimum atomic E-state index is -1.42. The van der Waals surface area contributed by atoms with Gasteiger partial charge in [0.1, 0.15) is 0 Å². The fourth-order valence-electron chi connectivity index (χ4n) is 0. The van der Waals surface area contributed by atoms with Crippen molar-refractivity contribution in [3.63, 3.8) is 0 Å². The van der Waals surface area contributed by atoms with Crippen molar-refractivity contribution in [2.75, 3.05) is 0 Å². The monoisotopic (exact) mass is 299 g/mol. The Kier molecular flexibility index (Phi) is 27.9. The molecule has 0 atom stereocenters. The van der Waals surface area contributed by atoms with Gasteiger partial charge in [0, 0.05) is 0 Å². The van der Waals surface area contributed by atoms with Crippen LogP contribution in [-0.4, -0.2) is 17.7 Å². The van der Waals surface area contributed by atoms with Crippen LogP contribution >= 0.6 is 8.34 Å². The summed E-state index contributed by atoms with van der Waals surface area (Å²) in [5.41, 5.74) is 0. The second-order valence-electron chi connectivity index (χ2n) is 0.158. The third kappa shape index (κ3) is 63.3. The molecule has 0 fully saturated rings. The first-order chi connectivity index (χ1) is 2.83. The van der Waals surface area contributed by atoms with Crippen LogP contribution in [0.15, 0.2) is 0 Å². The van der Waals surface area contributed by atoms with Gasteiger partial charge in [-0.2, -0.15) is 0 Å². The van der Waals surface area contributed by atoms with E-state index in [4.69, 9.17) is 12.1 Å². The Morgan fingerprint density at radius 2 is 1.50 bits per heavy atom. The summed E-state index contributed by atoms with van der Waals surface area (Å²) in [6.07, 6.45) is 0. The molecule has 1 radical (unpaired) electrons. The average Bonchev–Trinajstić information content (AvgIpc) is 1.39. The Labute approximate surface area is 53.3 Å². The van der Waals surface area contributed by atoms with Crippen molar-refractivity contribution in [1.29, 1.82) is 0 Å². The van der Waals surface area contributed by atoms with Crippen molar-refractivity contribution in [2.45, 2.75) is 0 Å². The summed E-state index contributed by atoms with van der Waals surface area (Å²) in [7, 11) is -1.42. The van der Waals surface area contributed by atoms with Gasteiger partial charge in [-0.25, -0.2) is 9.13 Å². The van der Waals surface area contributed by atoms with E-state index >= 15 is 0 Å². The molecule has 0 saturated heterocycles. The Hall–Kier alpha value is 1.21. The normalized spacial score (nSPS) is 3.33. The summed E-state index contributed by atoms with van der Waals surface area (Å²) < 4.78 is 25.9. The van der Waals surface area contributed by atoms with E-state index in [1.165, 1.54) is 0 Å². The first-order valence-corrected chi connectivity index (χ1v) is 9.70. The zero-order chi connectivity index (χ0) is 5.41. The van der Waals surface area contributed by atoms with Gasteiger partial charge < -0.3 is 0 Å². The first-order valence-electron chi connectivity index (χ1n) is 0.773. The third-order valence-corrected chi connectivity index (χ3v) is 0. The van der Waals surface area contributed by atoms with Crippen molar-refractivity contribution >= 4 is 26.0 Å². The number of hydrogen-bond acceptors (Lipinski definition) is 3. The van der Waals surface area contributed by atoms with Gasteiger partial charge in [0.25, 0.3) is 0 Å². The van der Waals surface area contributed by atoms with Crippen LogP contribution in [-0.2, 0) is 27.6 Å². The van der Waals surface area contributed by atoms with Crippen LogP contribution < -0.4 is 0 Å². The predicted octanol–water partition coefficient (Wildman–Crippen LogP) is -0.146. The van der Waals surface area contributed by atoms with Crippen molar-refractivity contribution in [2.24, 2.45) is 0 Å². The maximum absolute atomic E-state index is 9.09. The summed E-state index contributed by atoms with van der Waals surface area (Å²) >= 11 is 0.775. The van der Waals surface area contributed by atoms with E-state index in [1.807, 2.05) is 0 Å². The molecule has 0 bridgehead atoms. The molecule has 0 aromatic heterocycles. The van der Waals surface area contributed by atoms with E-state index in [0.717, 1.165) is 0 Å². The minimum absolute atomic E-state index is 0.890. The van der Waals surface area contributed by atoms with Crippen LogP contribution in [0.25, 0.3) is 0 Å². The molecule has 0 saturated carbocycles. The van der Waals surface area contributed by atoms with E-state index in [-0.39, 0.29) is 0 Å². The molecule has 0 unspecified atom stereocenters. The summed E-state index contributed by atoms with van der Waals surface area (Å²) in [5.74, 6) is 0. The molecular weight excluding hydrogens is 297 g/mol. The van der Waals surface area contributed by atoms with E-state index in [2.05, 4.69) is 0 Å². The van der Waals surface area contributed by atoms with Gasteiger partial charge in [-0.1, -0.05) is 0 Å². The van der Waals surface area contributed by atoms with E-state index in [0.29, 0.717) is 0 Å². The predicted molar refractivity (Wildman–Crippen MR) is 16.1 cm³/mol. The topological polar surface area (TPSA) is 51.2 Å². The van der Waals surface area contributed by atoms with Gasteiger partial charge in [-0.15, -0.1) is 0 Å². The Balaban J connectivity index is 0. The van der Waals surface area contributed by atoms with Gasteiger partial charge in [-0.3, -0.25) is 0 Å². The molecule has 0 aromatic carbocycles. The van der Waals surface area contributed by atoms with Crippen molar-refractivity contribution in [3.8, 4) is 0 Å². The van der Waals surface area contributed by atoms with Gasteiger partial charge in [0.2, 0.25) is 0 Å². The van der Waals surface area contributed by atoms with Gasteiger partial charge in [0.15, 0.2) is 0 Å². The molecule has 3 nitrogen and oxygen atoms in total. The molecular formula is HMoO3PSb. The van der Waals surface area contributed by atoms with E-state index in [1.54, 1.807) is 15.4 Å². The molecule has 6 heteroatoms. The molecule has 35 valence electrons. The summed E-state index contributed by atoms with van der Waals surface area (Å²) in [4.78, 5) is 0. The van der Waals surface area contributed by atoms with Gasteiger partial charge in [-0.05, 0) is 0 Å². The van der Waals surface area contributed by atoms with Gasteiger partial charge >= 0.3 is 44.5 Å². The van der Waals surface area contributed by atoms with Crippen LogP contribution in [0.5, 0.6) is 0 Å². The van der Waals surface area contributed by atoms with E-state index < -0.39 is 26.0 Å². The van der Waals surface area contributed by atoms with E-state index in [9.17, 15) is 0 Å². The second-order valence-corrected chi connectivity index (χ2v) is 3.21. The Bertz CT molecular complexity index is 64.8. The zero-order valence-electron chi connectivity index (χ0n) is 2.58. The first kappa shape index (κ1) is 10.2. The van der Waals surface area contributed by atoms with Crippen LogP contribution in [0.1, 0.15) is 0 Å². The summed E-state index contributed by atoms with van der Waals surface area (Å²) in [6, 6.07) is 0. The molecule has 0 aromatic rings. The molecule has 0 heterocycles. The molecule has 0 aliphatic carbocycles. The van der Waals surface area contributed by atoms with Crippen molar-refractivity contribution < 1.29 is 27.6 Å². The molecule has 0 spiro atoms. The SMILES string of the molecule is O=[PH]=O.[O]=[Sb]=[Mo]. The third-order valence-electron chi connectivity index (χ3n) is 0. The van der Waals surface area contributed by atoms with Crippen molar-refractivity contribution in [3.05, 3.63) is 0 Å². The molecule has 6 heavy (non-hydrogen) atoms. The number of rotatable bonds is 0. The number of hydrogen-bond donors (Lipinski definition) is 0. The Morgan fingerprint density at radius 1 is 1.50 bits per heavy atom. The zero-order valence-corrected chi connectivity index (χ0v) is 8.14. The molecule has 0 aliphatic heterocycles. The fourth-order valence-corrected chi connectivity index (χ4v) is 0. The maximum atomic E-state index is 9.09. The Morgan fingerprint density at radius 3 is 1.50 bits per heavy atom. The average molecular weight is 298 g/mol. The van der Waals surface area contributed by atoms with Crippen LogP contribution in [0.4, 0.5) is 0 Å². The molecule has 0 amide bonds.